The first-order valence-corrected chi connectivity index (χ1v) is 9.88. The molecule has 26 heavy (non-hydrogen) atoms. The molecule has 1 aromatic carbocycles. The molecule has 1 aromatic heterocycles. The Bertz CT molecular complexity index is 894. The van der Waals surface area contributed by atoms with Gasteiger partial charge in [0, 0.05) is 39.1 Å². The van der Waals surface area contributed by atoms with Gasteiger partial charge in [0.05, 0.1) is 24.5 Å². The summed E-state index contributed by atoms with van der Waals surface area (Å²) in [5.74, 6) is 0.0278. The average Bonchev–Trinajstić information content (AvgIpc) is 3.06. The van der Waals surface area contributed by atoms with E-state index in [4.69, 9.17) is 4.74 Å². The van der Waals surface area contributed by atoms with Crippen LogP contribution in [0.5, 0.6) is 0 Å². The zero-order valence-electron chi connectivity index (χ0n) is 14.8. The van der Waals surface area contributed by atoms with Crippen LogP contribution in [0.2, 0.25) is 0 Å². The fourth-order valence-corrected chi connectivity index (χ4v) is 4.83. The topological polar surface area (TPSA) is 93.5 Å². The van der Waals surface area contributed by atoms with E-state index in [1.54, 1.807) is 36.7 Å². The highest BCUT2D eigenvalue weighted by atomic mass is 32.2. The normalized spacial score (nSPS) is 18.6. The van der Waals surface area contributed by atoms with Gasteiger partial charge in [-0.05, 0) is 17.7 Å². The predicted octanol–water partition coefficient (Wildman–Crippen LogP) is 0.683. The molecule has 0 saturated carbocycles. The number of piperazine rings is 1. The molecular formula is C17H22N4O4S. The summed E-state index contributed by atoms with van der Waals surface area (Å²) in [5.41, 5.74) is 0.881. The van der Waals surface area contributed by atoms with Gasteiger partial charge in [0.1, 0.15) is 5.82 Å². The van der Waals surface area contributed by atoms with Gasteiger partial charge in [0.25, 0.3) is 0 Å². The quantitative estimate of drug-likeness (QED) is 0.769. The molecule has 1 N–H and O–H groups in total. The van der Waals surface area contributed by atoms with E-state index in [-0.39, 0.29) is 11.8 Å². The van der Waals surface area contributed by atoms with Gasteiger partial charge in [0.2, 0.25) is 10.0 Å². The van der Waals surface area contributed by atoms with Crippen molar-refractivity contribution in [3.05, 3.63) is 53.6 Å². The Morgan fingerprint density at radius 3 is 2.92 bits per heavy atom. The highest BCUT2D eigenvalue weighted by molar-refractivity contribution is 7.88. The smallest absolute Gasteiger partial charge is 0.337 e. The number of aromatic nitrogens is 2. The summed E-state index contributed by atoms with van der Waals surface area (Å²) in [6.07, 6.45) is 3.46. The number of imidazole rings is 1. The number of nitrogens with zero attached hydrogens (tertiary/aromatic N) is 3. The molecule has 9 heteroatoms. The minimum atomic E-state index is -3.59. The number of carbonyl (C=O) groups is 1. The average molecular weight is 378 g/mol. The Kier molecular flexibility index (Phi) is 5.40. The van der Waals surface area contributed by atoms with E-state index in [9.17, 15) is 13.2 Å². The Morgan fingerprint density at radius 2 is 2.23 bits per heavy atom. The first-order chi connectivity index (χ1) is 12.4. The van der Waals surface area contributed by atoms with Crippen molar-refractivity contribution in [3.8, 4) is 0 Å². The zero-order chi connectivity index (χ0) is 18.7. The molecule has 0 amide bonds. The van der Waals surface area contributed by atoms with Crippen LogP contribution in [0, 0.1) is 0 Å². The SMILES string of the molecule is COC(=O)c1cccc(CS(=O)(=O)N2CCNCC2c2nccn2C)c1. The van der Waals surface area contributed by atoms with Gasteiger partial charge in [0.15, 0.2) is 0 Å². The molecule has 1 aliphatic rings. The van der Waals surface area contributed by atoms with E-state index in [2.05, 4.69) is 10.3 Å². The number of nitrogens with one attached hydrogen (secondary N) is 1. The molecule has 1 unspecified atom stereocenters. The maximum Gasteiger partial charge on any atom is 0.337 e. The van der Waals surface area contributed by atoms with Gasteiger partial charge in [-0.3, -0.25) is 0 Å². The lowest BCUT2D eigenvalue weighted by atomic mass is 10.1. The molecule has 1 saturated heterocycles. The molecule has 0 radical (unpaired) electrons. The van der Waals surface area contributed by atoms with Crippen LogP contribution in [-0.2, 0) is 27.6 Å². The largest absolute Gasteiger partial charge is 0.465 e. The summed E-state index contributed by atoms with van der Waals surface area (Å²) < 4.78 is 34.2. The number of carbonyl (C=O) groups excluding carboxylic acids is 1. The lowest BCUT2D eigenvalue weighted by molar-refractivity contribution is 0.0600. The van der Waals surface area contributed by atoms with Gasteiger partial charge < -0.3 is 14.6 Å². The maximum atomic E-state index is 13.1. The summed E-state index contributed by atoms with van der Waals surface area (Å²) in [6, 6.07) is 6.15. The number of ether oxygens (including phenoxy) is 1. The van der Waals surface area contributed by atoms with Crippen molar-refractivity contribution < 1.29 is 17.9 Å². The third-order valence-electron chi connectivity index (χ3n) is 4.41. The third kappa shape index (κ3) is 3.79. The van der Waals surface area contributed by atoms with Crippen LogP contribution in [0.15, 0.2) is 36.7 Å². The fraction of sp³-hybridized carbons (Fsp3) is 0.412. The molecule has 8 nitrogen and oxygen atoms in total. The van der Waals surface area contributed by atoms with Crippen molar-refractivity contribution in [3.63, 3.8) is 0 Å². The van der Waals surface area contributed by atoms with Crippen molar-refractivity contribution >= 4 is 16.0 Å². The number of aryl methyl sites for hydroxylation is 1. The van der Waals surface area contributed by atoms with E-state index in [0.717, 1.165) is 0 Å². The zero-order valence-corrected chi connectivity index (χ0v) is 15.6. The van der Waals surface area contributed by atoms with Crippen molar-refractivity contribution in [2.45, 2.75) is 11.8 Å². The van der Waals surface area contributed by atoms with Crippen LogP contribution < -0.4 is 5.32 Å². The molecule has 1 atom stereocenters. The van der Waals surface area contributed by atoms with Crippen molar-refractivity contribution in [2.75, 3.05) is 26.7 Å². The molecule has 0 spiro atoms. The molecule has 3 rings (SSSR count). The van der Waals surface area contributed by atoms with Crippen LogP contribution in [-0.4, -0.2) is 55.0 Å². The number of rotatable bonds is 5. The second kappa shape index (κ2) is 7.56. The first-order valence-electron chi connectivity index (χ1n) is 8.27. The molecule has 140 valence electrons. The second-order valence-electron chi connectivity index (χ2n) is 6.18. The van der Waals surface area contributed by atoms with Gasteiger partial charge in [-0.15, -0.1) is 0 Å². The fourth-order valence-electron chi connectivity index (χ4n) is 3.14. The Labute approximate surface area is 152 Å². The molecule has 0 bridgehead atoms. The Balaban J connectivity index is 1.87. The summed E-state index contributed by atoms with van der Waals surface area (Å²) in [4.78, 5) is 16.0. The van der Waals surface area contributed by atoms with Crippen molar-refractivity contribution in [2.24, 2.45) is 7.05 Å². The molecule has 0 aliphatic carbocycles. The first kappa shape index (κ1) is 18.6. The molecule has 1 fully saturated rings. The van der Waals surface area contributed by atoms with E-state index >= 15 is 0 Å². The number of hydrogen-bond acceptors (Lipinski definition) is 6. The second-order valence-corrected chi connectivity index (χ2v) is 8.10. The third-order valence-corrected chi connectivity index (χ3v) is 6.26. The summed E-state index contributed by atoms with van der Waals surface area (Å²) in [6.45, 7) is 1.46. The number of esters is 1. The lowest BCUT2D eigenvalue weighted by Crippen LogP contribution is -2.49. The minimum absolute atomic E-state index is 0.182. The lowest BCUT2D eigenvalue weighted by Gasteiger charge is -2.34. The van der Waals surface area contributed by atoms with Gasteiger partial charge in [-0.25, -0.2) is 18.2 Å². The summed E-state index contributed by atoms with van der Waals surface area (Å²) in [5, 5.41) is 3.23. The minimum Gasteiger partial charge on any atom is -0.465 e. The number of methoxy groups -OCH3 is 1. The van der Waals surface area contributed by atoms with Crippen LogP contribution in [0.3, 0.4) is 0 Å². The van der Waals surface area contributed by atoms with Crippen LogP contribution >= 0.6 is 0 Å². The molecule has 2 aromatic rings. The highest BCUT2D eigenvalue weighted by Gasteiger charge is 2.35. The number of sulfonamides is 1. The van der Waals surface area contributed by atoms with E-state index in [0.29, 0.717) is 36.6 Å². The predicted molar refractivity (Wildman–Crippen MR) is 95.9 cm³/mol. The molecule has 2 heterocycles. The Hall–Kier alpha value is -2.23. The van der Waals surface area contributed by atoms with E-state index in [1.165, 1.54) is 11.4 Å². The van der Waals surface area contributed by atoms with Gasteiger partial charge in [-0.2, -0.15) is 4.31 Å². The monoisotopic (exact) mass is 378 g/mol. The van der Waals surface area contributed by atoms with E-state index < -0.39 is 16.0 Å². The highest BCUT2D eigenvalue weighted by Crippen LogP contribution is 2.26. The Morgan fingerprint density at radius 1 is 1.42 bits per heavy atom. The maximum absolute atomic E-state index is 13.1. The molecule has 1 aliphatic heterocycles. The van der Waals surface area contributed by atoms with Crippen molar-refractivity contribution in [1.82, 2.24) is 19.2 Å². The summed E-state index contributed by atoms with van der Waals surface area (Å²) >= 11 is 0. The van der Waals surface area contributed by atoms with Crippen LogP contribution in [0.25, 0.3) is 0 Å². The standard InChI is InChI=1S/C17H22N4O4S/c1-20-8-7-19-16(20)15-11-18-6-9-21(15)26(23,24)12-13-4-3-5-14(10-13)17(22)25-2/h3-5,7-8,10,15,18H,6,9,11-12H2,1-2H3. The van der Waals surface area contributed by atoms with Gasteiger partial charge in [-0.1, -0.05) is 12.1 Å². The van der Waals surface area contributed by atoms with E-state index in [1.807, 2.05) is 11.6 Å². The van der Waals surface area contributed by atoms with Crippen LogP contribution in [0.4, 0.5) is 0 Å². The number of benzene rings is 1. The summed E-state index contributed by atoms with van der Waals surface area (Å²) in [7, 11) is -0.445. The van der Waals surface area contributed by atoms with Crippen LogP contribution in [0.1, 0.15) is 27.8 Å². The number of hydrogen-bond donors (Lipinski definition) is 1. The molecular weight excluding hydrogens is 356 g/mol. The van der Waals surface area contributed by atoms with Gasteiger partial charge >= 0.3 is 5.97 Å². The van der Waals surface area contributed by atoms with Crippen molar-refractivity contribution in [1.29, 1.82) is 0 Å².